The van der Waals surface area contributed by atoms with Crippen molar-refractivity contribution in [2.45, 2.75) is 20.8 Å². The Morgan fingerprint density at radius 1 is 0.542 bits per heavy atom. The summed E-state index contributed by atoms with van der Waals surface area (Å²) >= 11 is 0. The molecule has 9 rings (SSSR count). The van der Waals surface area contributed by atoms with Gasteiger partial charge in [-0.05, 0) is 86.3 Å². The highest BCUT2D eigenvalue weighted by Crippen LogP contribution is 2.41. The lowest BCUT2D eigenvalue weighted by atomic mass is 9.34. The van der Waals surface area contributed by atoms with Crippen molar-refractivity contribution in [3.8, 4) is 17.1 Å². The van der Waals surface area contributed by atoms with E-state index < -0.39 is 0 Å². The monoisotopic (exact) mass is 616 g/mol. The van der Waals surface area contributed by atoms with Crippen molar-refractivity contribution in [3.05, 3.63) is 163 Å². The van der Waals surface area contributed by atoms with Gasteiger partial charge < -0.3 is 4.90 Å². The van der Waals surface area contributed by atoms with Crippen LogP contribution in [0.15, 0.2) is 146 Å². The summed E-state index contributed by atoms with van der Waals surface area (Å²) in [5.74, 6) is 0.906. The number of benzene rings is 5. The third kappa shape index (κ3) is 4.39. The summed E-state index contributed by atoms with van der Waals surface area (Å²) in [6.45, 7) is 6.80. The van der Waals surface area contributed by atoms with Crippen molar-refractivity contribution < 1.29 is 0 Å². The number of fused-ring (bicyclic) bond motifs is 5. The van der Waals surface area contributed by atoms with E-state index in [2.05, 4.69) is 152 Å². The van der Waals surface area contributed by atoms with Crippen molar-refractivity contribution in [3.63, 3.8) is 0 Å². The molecule has 5 aromatic carbocycles. The number of pyridine rings is 2. The lowest BCUT2D eigenvalue weighted by Crippen LogP contribution is -2.58. The average molecular weight is 617 g/mol. The molecule has 3 aromatic heterocycles. The first-order valence-corrected chi connectivity index (χ1v) is 16.5. The number of aromatic nitrogens is 3. The number of rotatable bonds is 4. The fraction of sp³-hybridized carbons (Fsp3) is 0.0698. The summed E-state index contributed by atoms with van der Waals surface area (Å²) in [5.41, 5.74) is 15.7. The first kappa shape index (κ1) is 28.3. The fourth-order valence-corrected chi connectivity index (χ4v) is 7.97. The molecular formula is C43H33BN4. The number of hydrogen-bond acceptors (Lipinski definition) is 3. The minimum absolute atomic E-state index is 0.0922. The molecule has 0 unspecified atom stereocenters. The Morgan fingerprint density at radius 3 is 2.04 bits per heavy atom. The highest BCUT2D eigenvalue weighted by Gasteiger charge is 2.37. The van der Waals surface area contributed by atoms with Crippen LogP contribution in [0.5, 0.6) is 0 Å². The number of para-hydroxylation sites is 2. The minimum atomic E-state index is 0.0922. The standard InChI is InChI=1S/C43H33BN4/c1-28-24-29(2)43(30(3)25-28)44-35-13-5-7-16-39(35)47(41-26-31(18-21-36(41)44)37-14-8-10-22-45-37)32-19-20-34-33-12-4-6-15-38(33)48(40(34)27-32)42-17-9-11-23-46-42/h4-27H,1-3H3. The summed E-state index contributed by atoms with van der Waals surface area (Å²) in [5, 5.41) is 2.42. The highest BCUT2D eigenvalue weighted by atomic mass is 15.2. The van der Waals surface area contributed by atoms with Crippen LogP contribution in [0.2, 0.25) is 0 Å². The lowest BCUT2D eigenvalue weighted by Gasteiger charge is -2.38. The van der Waals surface area contributed by atoms with Crippen LogP contribution in [0.3, 0.4) is 0 Å². The van der Waals surface area contributed by atoms with E-state index in [9.17, 15) is 0 Å². The third-order valence-corrected chi connectivity index (χ3v) is 9.85. The van der Waals surface area contributed by atoms with E-state index in [1.54, 1.807) is 0 Å². The van der Waals surface area contributed by atoms with E-state index in [1.165, 1.54) is 55.2 Å². The molecule has 8 aromatic rings. The van der Waals surface area contributed by atoms with Gasteiger partial charge in [-0.25, -0.2) is 4.98 Å². The van der Waals surface area contributed by atoms with Gasteiger partial charge in [-0.2, -0.15) is 0 Å². The lowest BCUT2D eigenvalue weighted by molar-refractivity contribution is 1.08. The average Bonchev–Trinajstić information content (AvgIpc) is 3.45. The largest absolute Gasteiger partial charge is 0.311 e. The molecular weight excluding hydrogens is 583 g/mol. The molecule has 0 saturated heterocycles. The van der Waals surface area contributed by atoms with Crippen LogP contribution in [-0.4, -0.2) is 21.2 Å². The molecule has 0 bridgehead atoms. The van der Waals surface area contributed by atoms with Crippen molar-refractivity contribution in [2.24, 2.45) is 0 Å². The predicted molar refractivity (Wildman–Crippen MR) is 202 cm³/mol. The quantitative estimate of drug-likeness (QED) is 0.186. The van der Waals surface area contributed by atoms with Gasteiger partial charge in [-0.15, -0.1) is 0 Å². The van der Waals surface area contributed by atoms with E-state index >= 15 is 0 Å². The molecule has 48 heavy (non-hydrogen) atoms. The molecule has 0 spiro atoms. The van der Waals surface area contributed by atoms with E-state index in [-0.39, 0.29) is 6.71 Å². The Balaban J connectivity index is 1.34. The Hall–Kier alpha value is -5.94. The summed E-state index contributed by atoms with van der Waals surface area (Å²) in [6, 6.07) is 48.2. The van der Waals surface area contributed by atoms with Gasteiger partial charge in [-0.3, -0.25) is 9.55 Å². The van der Waals surface area contributed by atoms with E-state index in [0.717, 1.165) is 33.8 Å². The Kier molecular flexibility index (Phi) is 6.54. The predicted octanol–water partition coefficient (Wildman–Crippen LogP) is 8.47. The molecule has 0 fully saturated rings. The highest BCUT2D eigenvalue weighted by molar-refractivity contribution is 6.98. The van der Waals surface area contributed by atoms with Crippen LogP contribution in [0.1, 0.15) is 16.7 Å². The third-order valence-electron chi connectivity index (χ3n) is 9.85. The maximum atomic E-state index is 4.79. The van der Waals surface area contributed by atoms with E-state index in [1.807, 2.05) is 24.5 Å². The smallest absolute Gasteiger partial charge is 0.247 e. The van der Waals surface area contributed by atoms with Crippen LogP contribution in [-0.2, 0) is 0 Å². The SMILES string of the molecule is Cc1cc(C)c(B2c3ccccc3N(c3ccc4c5ccccc5n(-c5ccccn5)c4c3)c3cc(-c4ccccn4)ccc32)c(C)c1. The molecule has 0 aliphatic carbocycles. The van der Waals surface area contributed by atoms with Gasteiger partial charge in [0, 0.05) is 45.8 Å². The van der Waals surface area contributed by atoms with Gasteiger partial charge in [0.2, 0.25) is 6.71 Å². The van der Waals surface area contributed by atoms with Crippen LogP contribution < -0.4 is 21.3 Å². The molecule has 1 aliphatic rings. The van der Waals surface area contributed by atoms with Gasteiger partial charge in [0.15, 0.2) is 0 Å². The molecule has 5 heteroatoms. The Bertz CT molecular complexity index is 2480. The number of aryl methyl sites for hydroxylation is 3. The van der Waals surface area contributed by atoms with Gasteiger partial charge in [0.05, 0.1) is 16.7 Å². The molecule has 1 aliphatic heterocycles. The van der Waals surface area contributed by atoms with Gasteiger partial charge in [0.1, 0.15) is 5.82 Å². The molecule has 4 nitrogen and oxygen atoms in total. The molecule has 228 valence electrons. The number of hydrogen-bond donors (Lipinski definition) is 0. The molecule has 4 heterocycles. The van der Waals surface area contributed by atoms with Crippen LogP contribution in [0.25, 0.3) is 38.9 Å². The Morgan fingerprint density at radius 2 is 1.25 bits per heavy atom. The second kappa shape index (κ2) is 11.1. The van der Waals surface area contributed by atoms with Crippen LogP contribution >= 0.6 is 0 Å². The topological polar surface area (TPSA) is 34.0 Å². The molecule has 0 radical (unpaired) electrons. The maximum Gasteiger partial charge on any atom is 0.247 e. The van der Waals surface area contributed by atoms with Crippen molar-refractivity contribution >= 4 is 62.0 Å². The molecule has 0 saturated carbocycles. The van der Waals surface area contributed by atoms with Crippen LogP contribution in [0, 0.1) is 20.8 Å². The van der Waals surface area contributed by atoms with E-state index in [4.69, 9.17) is 9.97 Å². The van der Waals surface area contributed by atoms with Gasteiger partial charge in [0.25, 0.3) is 0 Å². The molecule has 0 N–H and O–H groups in total. The van der Waals surface area contributed by atoms with E-state index in [0.29, 0.717) is 0 Å². The zero-order valence-corrected chi connectivity index (χ0v) is 27.2. The van der Waals surface area contributed by atoms with Crippen molar-refractivity contribution in [1.82, 2.24) is 14.5 Å². The zero-order valence-electron chi connectivity index (χ0n) is 27.2. The second-order valence-electron chi connectivity index (χ2n) is 12.9. The molecule has 0 amide bonds. The van der Waals surface area contributed by atoms with Crippen molar-refractivity contribution in [2.75, 3.05) is 4.90 Å². The van der Waals surface area contributed by atoms with Gasteiger partial charge >= 0.3 is 0 Å². The van der Waals surface area contributed by atoms with Crippen molar-refractivity contribution in [1.29, 1.82) is 0 Å². The maximum absolute atomic E-state index is 4.79. The summed E-state index contributed by atoms with van der Waals surface area (Å²) in [4.78, 5) is 12.0. The fourth-order valence-electron chi connectivity index (χ4n) is 7.97. The minimum Gasteiger partial charge on any atom is -0.311 e. The summed E-state index contributed by atoms with van der Waals surface area (Å²) in [6.07, 6.45) is 3.74. The first-order chi connectivity index (χ1) is 23.6. The normalized spacial score (nSPS) is 12.4. The van der Waals surface area contributed by atoms with Gasteiger partial charge in [-0.1, -0.05) is 101 Å². The van der Waals surface area contributed by atoms with Crippen LogP contribution in [0.4, 0.5) is 17.1 Å². The number of nitrogens with zero attached hydrogens (tertiary/aromatic N) is 4. The zero-order chi connectivity index (χ0) is 32.4. The Labute approximate surface area is 281 Å². The second-order valence-corrected chi connectivity index (χ2v) is 12.9. The first-order valence-electron chi connectivity index (χ1n) is 16.5. The number of anilines is 3. The summed E-state index contributed by atoms with van der Waals surface area (Å²) in [7, 11) is 0. The molecule has 0 atom stereocenters. The summed E-state index contributed by atoms with van der Waals surface area (Å²) < 4.78 is 2.29.